The normalized spacial score (nSPS) is 13.7. The minimum absolute atomic E-state index is 0.0386. The van der Waals surface area contributed by atoms with Gasteiger partial charge < -0.3 is 29.9 Å². The minimum Gasteiger partial charge on any atom is -0.493 e. The molecule has 0 atom stereocenters. The van der Waals surface area contributed by atoms with Gasteiger partial charge in [-0.3, -0.25) is 0 Å². The third-order valence-electron chi connectivity index (χ3n) is 6.50. The zero-order chi connectivity index (χ0) is 27.2. The Bertz CT molecular complexity index is 1330. The Morgan fingerprint density at radius 3 is 2.45 bits per heavy atom. The third-order valence-corrected chi connectivity index (χ3v) is 7.81. The molecule has 0 bridgehead atoms. The van der Waals surface area contributed by atoms with Crippen LogP contribution in [0.15, 0.2) is 48.5 Å². The number of carboxylic acids is 2. The number of amides is 2. The molecular weight excluding hydrogens is 508 g/mol. The van der Waals surface area contributed by atoms with E-state index in [4.69, 9.17) is 14.6 Å². The number of rotatable bonds is 9. The van der Waals surface area contributed by atoms with E-state index in [0.29, 0.717) is 41.8 Å². The Morgan fingerprint density at radius 1 is 1.03 bits per heavy atom. The van der Waals surface area contributed by atoms with Crippen molar-refractivity contribution in [3.63, 3.8) is 0 Å². The van der Waals surface area contributed by atoms with E-state index >= 15 is 0 Å². The minimum atomic E-state index is -1.18. The van der Waals surface area contributed by atoms with E-state index in [-0.39, 0.29) is 16.7 Å². The standard InChI is InChI=1S/C28H30N2O7S/c1-17-6-3-4-9-22(17)29-28(35)30-12-10-19(11-13-30)15-36-21-8-5-7-20(14-21)25-18(2)24(37-16-23(31)32)26(38-25)27(33)34/h3-9,14,19H,10-13,15-16H2,1-2H3,(H,29,35)(H,31,32)(H,33,34). The van der Waals surface area contributed by atoms with Crippen molar-refractivity contribution in [1.29, 1.82) is 0 Å². The number of aromatic carboxylic acids is 1. The summed E-state index contributed by atoms with van der Waals surface area (Å²) < 4.78 is 11.4. The predicted molar refractivity (Wildman–Crippen MR) is 145 cm³/mol. The first kappa shape index (κ1) is 27.0. The van der Waals surface area contributed by atoms with E-state index in [2.05, 4.69) is 5.32 Å². The summed E-state index contributed by atoms with van der Waals surface area (Å²) in [7, 11) is 0. The van der Waals surface area contributed by atoms with Gasteiger partial charge in [0, 0.05) is 29.2 Å². The molecular formula is C28H30N2O7S. The molecule has 0 radical (unpaired) electrons. The Balaban J connectivity index is 1.35. The van der Waals surface area contributed by atoms with Gasteiger partial charge in [-0.25, -0.2) is 14.4 Å². The van der Waals surface area contributed by atoms with Gasteiger partial charge in [-0.05, 0) is 61.9 Å². The molecule has 3 aromatic rings. The number of anilines is 1. The molecule has 10 heteroatoms. The number of urea groups is 1. The van der Waals surface area contributed by atoms with Crippen LogP contribution in [0.1, 0.15) is 33.6 Å². The Labute approximate surface area is 224 Å². The van der Waals surface area contributed by atoms with Gasteiger partial charge >= 0.3 is 18.0 Å². The van der Waals surface area contributed by atoms with Gasteiger partial charge in [0.1, 0.15) is 11.5 Å². The van der Waals surface area contributed by atoms with Crippen LogP contribution >= 0.6 is 11.3 Å². The van der Waals surface area contributed by atoms with Gasteiger partial charge in [0.25, 0.3) is 0 Å². The van der Waals surface area contributed by atoms with Crippen molar-refractivity contribution < 1.29 is 34.1 Å². The molecule has 38 heavy (non-hydrogen) atoms. The zero-order valence-electron chi connectivity index (χ0n) is 21.2. The number of carbonyl (C=O) groups excluding carboxylic acids is 1. The first-order valence-corrected chi connectivity index (χ1v) is 13.1. The number of carboxylic acid groups (broad SMARTS) is 2. The summed E-state index contributed by atoms with van der Waals surface area (Å²) in [5.74, 6) is -1.32. The summed E-state index contributed by atoms with van der Waals surface area (Å²) in [5, 5.41) is 21.5. The Morgan fingerprint density at radius 2 is 1.76 bits per heavy atom. The second kappa shape index (κ2) is 12.0. The lowest BCUT2D eigenvalue weighted by Gasteiger charge is -2.32. The summed E-state index contributed by atoms with van der Waals surface area (Å²) in [6.07, 6.45) is 1.66. The number of piperidine rings is 1. The van der Waals surface area contributed by atoms with Crippen LogP contribution in [0.25, 0.3) is 10.4 Å². The van der Waals surface area contributed by atoms with Crippen molar-refractivity contribution in [3.8, 4) is 21.9 Å². The summed E-state index contributed by atoms with van der Waals surface area (Å²) in [5.41, 5.74) is 3.18. The zero-order valence-corrected chi connectivity index (χ0v) is 22.0. The molecule has 0 unspecified atom stereocenters. The monoisotopic (exact) mass is 538 g/mol. The summed E-state index contributed by atoms with van der Waals surface area (Å²) >= 11 is 1.04. The van der Waals surface area contributed by atoms with E-state index in [9.17, 15) is 19.5 Å². The van der Waals surface area contributed by atoms with Gasteiger partial charge in [-0.1, -0.05) is 30.3 Å². The SMILES string of the molecule is Cc1ccccc1NC(=O)N1CCC(COc2cccc(-c3sc(C(=O)O)c(OCC(=O)O)c3C)c2)CC1. The quantitative estimate of drug-likeness (QED) is 0.328. The number of nitrogens with one attached hydrogen (secondary N) is 1. The first-order valence-electron chi connectivity index (χ1n) is 12.3. The Hall–Kier alpha value is -4.05. The maximum Gasteiger partial charge on any atom is 0.349 e. The predicted octanol–water partition coefficient (Wildman–Crippen LogP) is 5.52. The topological polar surface area (TPSA) is 125 Å². The highest BCUT2D eigenvalue weighted by Gasteiger charge is 2.25. The van der Waals surface area contributed by atoms with Gasteiger partial charge in [-0.15, -0.1) is 11.3 Å². The second-order valence-corrected chi connectivity index (χ2v) is 10.2. The smallest absolute Gasteiger partial charge is 0.349 e. The fourth-order valence-electron chi connectivity index (χ4n) is 4.37. The molecule has 1 saturated heterocycles. The van der Waals surface area contributed by atoms with Crippen LogP contribution in [0.4, 0.5) is 10.5 Å². The number of para-hydroxylation sites is 1. The lowest BCUT2D eigenvalue weighted by molar-refractivity contribution is -0.139. The Kier molecular flexibility index (Phi) is 8.52. The van der Waals surface area contributed by atoms with E-state index in [1.54, 1.807) is 6.92 Å². The molecule has 2 heterocycles. The average Bonchev–Trinajstić information content (AvgIpc) is 3.24. The average molecular weight is 539 g/mol. The van der Waals surface area contributed by atoms with Crippen LogP contribution in [-0.4, -0.2) is 59.4 Å². The number of aryl methyl sites for hydroxylation is 1. The number of likely N-dealkylation sites (tertiary alicyclic amines) is 1. The molecule has 3 N–H and O–H groups in total. The van der Waals surface area contributed by atoms with E-state index < -0.39 is 18.5 Å². The molecule has 0 spiro atoms. The fourth-order valence-corrected chi connectivity index (χ4v) is 5.46. The van der Waals surface area contributed by atoms with Crippen LogP contribution in [0.2, 0.25) is 0 Å². The van der Waals surface area contributed by atoms with Crippen molar-refractivity contribution in [1.82, 2.24) is 4.90 Å². The lowest BCUT2D eigenvalue weighted by atomic mass is 9.98. The molecule has 1 fully saturated rings. The number of thiophene rings is 1. The van der Waals surface area contributed by atoms with Crippen LogP contribution in [0, 0.1) is 19.8 Å². The first-order chi connectivity index (χ1) is 18.2. The number of hydrogen-bond donors (Lipinski definition) is 3. The van der Waals surface area contributed by atoms with Crippen LogP contribution in [-0.2, 0) is 4.79 Å². The van der Waals surface area contributed by atoms with Gasteiger partial charge in [0.15, 0.2) is 11.5 Å². The molecule has 1 aromatic heterocycles. The maximum absolute atomic E-state index is 12.7. The largest absolute Gasteiger partial charge is 0.493 e. The highest BCUT2D eigenvalue weighted by atomic mass is 32.1. The van der Waals surface area contributed by atoms with E-state index in [1.165, 1.54) is 0 Å². The van der Waals surface area contributed by atoms with Crippen LogP contribution in [0.3, 0.4) is 0 Å². The van der Waals surface area contributed by atoms with E-state index in [0.717, 1.165) is 41.0 Å². The molecule has 9 nitrogen and oxygen atoms in total. The number of ether oxygens (including phenoxy) is 2. The van der Waals surface area contributed by atoms with E-state index in [1.807, 2.05) is 60.4 Å². The van der Waals surface area contributed by atoms with Crippen LogP contribution in [0.5, 0.6) is 11.5 Å². The number of carbonyl (C=O) groups is 3. The fraction of sp³-hybridized carbons (Fsp3) is 0.321. The molecule has 4 rings (SSSR count). The molecule has 1 aliphatic heterocycles. The maximum atomic E-state index is 12.7. The van der Waals surface area contributed by atoms with Crippen molar-refractivity contribution in [3.05, 3.63) is 64.5 Å². The molecule has 2 amide bonds. The summed E-state index contributed by atoms with van der Waals surface area (Å²) in [6.45, 7) is 4.87. The van der Waals surface area contributed by atoms with Gasteiger partial charge in [0.05, 0.1) is 6.61 Å². The number of nitrogens with zero attached hydrogens (tertiary/aromatic N) is 1. The molecule has 200 valence electrons. The number of aliphatic carboxylic acids is 1. The third kappa shape index (κ3) is 6.44. The van der Waals surface area contributed by atoms with Gasteiger partial charge in [0.2, 0.25) is 0 Å². The van der Waals surface area contributed by atoms with Gasteiger partial charge in [-0.2, -0.15) is 0 Å². The lowest BCUT2D eigenvalue weighted by Crippen LogP contribution is -2.42. The van der Waals surface area contributed by atoms with Crippen LogP contribution < -0.4 is 14.8 Å². The molecule has 2 aromatic carbocycles. The molecule has 0 saturated carbocycles. The number of benzene rings is 2. The summed E-state index contributed by atoms with van der Waals surface area (Å²) in [6, 6.07) is 15.0. The molecule has 1 aliphatic rings. The van der Waals surface area contributed by atoms with Crippen molar-refractivity contribution >= 4 is 35.0 Å². The molecule has 0 aliphatic carbocycles. The van der Waals surface area contributed by atoms with Crippen molar-refractivity contribution in [2.24, 2.45) is 5.92 Å². The highest BCUT2D eigenvalue weighted by Crippen LogP contribution is 2.42. The van der Waals surface area contributed by atoms with Crippen molar-refractivity contribution in [2.75, 3.05) is 31.6 Å². The van der Waals surface area contributed by atoms with Crippen molar-refractivity contribution in [2.45, 2.75) is 26.7 Å². The number of hydrogen-bond acceptors (Lipinski definition) is 6. The second-order valence-electron chi connectivity index (χ2n) is 9.22. The highest BCUT2D eigenvalue weighted by molar-refractivity contribution is 7.18. The summed E-state index contributed by atoms with van der Waals surface area (Å²) in [4.78, 5) is 37.8.